The van der Waals surface area contributed by atoms with Crippen molar-refractivity contribution in [2.75, 3.05) is 0 Å². The fourth-order valence-corrected chi connectivity index (χ4v) is 6.27. The minimum Gasteiger partial charge on any atom is -0.300 e. The van der Waals surface area contributed by atoms with Crippen LogP contribution in [0.2, 0.25) is 0 Å². The van der Waals surface area contributed by atoms with E-state index < -0.39 is 0 Å². The molecule has 2 atom stereocenters. The van der Waals surface area contributed by atoms with Crippen molar-refractivity contribution in [2.45, 2.75) is 51.4 Å². The van der Waals surface area contributed by atoms with Crippen molar-refractivity contribution in [3.63, 3.8) is 0 Å². The van der Waals surface area contributed by atoms with Gasteiger partial charge in [-0.25, -0.2) is 0 Å². The smallest absolute Gasteiger partial charge is 0.134 e. The fraction of sp³-hybridized carbons (Fsp3) is 0.242. The highest BCUT2D eigenvalue weighted by Crippen LogP contribution is 2.42. The molecule has 34 heavy (non-hydrogen) atoms. The van der Waals surface area contributed by atoms with Crippen LogP contribution in [0.4, 0.5) is 0 Å². The average molecular weight is 443 g/mol. The maximum atomic E-state index is 13.2. The van der Waals surface area contributed by atoms with Crippen molar-refractivity contribution in [2.24, 2.45) is 0 Å². The zero-order chi connectivity index (χ0) is 23.2. The summed E-state index contributed by atoms with van der Waals surface area (Å²) < 4.78 is 0. The summed E-state index contributed by atoms with van der Waals surface area (Å²) in [6.45, 7) is 4.44. The first-order valence-corrected chi connectivity index (χ1v) is 12.5. The molecular weight excluding hydrogens is 412 g/mol. The molecule has 1 nitrogen and oxygen atoms in total. The number of hydrogen-bond acceptors (Lipinski definition) is 1. The largest absolute Gasteiger partial charge is 0.300 e. The third-order valence-electron chi connectivity index (χ3n) is 7.90. The maximum Gasteiger partial charge on any atom is 0.134 e. The van der Waals surface area contributed by atoms with Gasteiger partial charge in [-0.05, 0) is 80.3 Å². The van der Waals surface area contributed by atoms with Gasteiger partial charge in [0.15, 0.2) is 0 Å². The van der Waals surface area contributed by atoms with E-state index in [-0.39, 0.29) is 11.8 Å². The molecule has 2 aliphatic carbocycles. The van der Waals surface area contributed by atoms with Crippen LogP contribution < -0.4 is 0 Å². The zero-order valence-corrected chi connectivity index (χ0v) is 20.0. The molecule has 2 aliphatic rings. The summed E-state index contributed by atoms with van der Waals surface area (Å²) >= 11 is 0. The van der Waals surface area contributed by atoms with Gasteiger partial charge in [-0.3, -0.25) is 4.79 Å². The van der Waals surface area contributed by atoms with Crippen molar-refractivity contribution in [1.82, 2.24) is 0 Å². The first-order chi connectivity index (χ1) is 16.6. The molecule has 0 bridgehead atoms. The first-order valence-electron chi connectivity index (χ1n) is 12.5. The van der Waals surface area contributed by atoms with Gasteiger partial charge in [0.2, 0.25) is 0 Å². The lowest BCUT2D eigenvalue weighted by molar-refractivity contribution is -0.119. The van der Waals surface area contributed by atoms with E-state index in [1.54, 1.807) is 0 Å². The second-order valence-electron chi connectivity index (χ2n) is 10.2. The molecule has 0 aromatic heterocycles. The molecule has 0 amide bonds. The van der Waals surface area contributed by atoms with Gasteiger partial charge in [-0.2, -0.15) is 0 Å². The number of carbonyl (C=O) groups is 1. The van der Waals surface area contributed by atoms with Crippen molar-refractivity contribution >= 4 is 5.78 Å². The molecule has 1 heteroatoms. The Balaban J connectivity index is 1.19. The Hall–Kier alpha value is -3.45. The zero-order valence-electron chi connectivity index (χ0n) is 20.0. The van der Waals surface area contributed by atoms with Gasteiger partial charge in [0.05, 0.1) is 0 Å². The van der Waals surface area contributed by atoms with E-state index in [0.29, 0.717) is 18.6 Å². The van der Waals surface area contributed by atoms with Crippen LogP contribution in [0.15, 0.2) is 84.9 Å². The molecule has 0 N–H and O–H groups in total. The van der Waals surface area contributed by atoms with E-state index in [1.165, 1.54) is 55.6 Å². The summed E-state index contributed by atoms with van der Waals surface area (Å²) in [6, 6.07) is 30.6. The molecule has 0 saturated heterocycles. The Labute approximate surface area is 202 Å². The highest BCUT2D eigenvalue weighted by atomic mass is 16.1. The Morgan fingerprint density at radius 1 is 0.588 bits per heavy atom. The minimum atomic E-state index is 0.231. The molecular formula is C33H30O. The van der Waals surface area contributed by atoms with Gasteiger partial charge in [0, 0.05) is 12.8 Å². The Bertz CT molecular complexity index is 1300. The lowest BCUT2D eigenvalue weighted by Gasteiger charge is -2.19. The third kappa shape index (κ3) is 3.51. The summed E-state index contributed by atoms with van der Waals surface area (Å²) in [7, 11) is 0. The number of benzene rings is 4. The molecule has 168 valence electrons. The quantitative estimate of drug-likeness (QED) is 0.255. The van der Waals surface area contributed by atoms with Gasteiger partial charge in [-0.15, -0.1) is 0 Å². The van der Waals surface area contributed by atoms with Crippen LogP contribution in [-0.4, -0.2) is 5.78 Å². The van der Waals surface area contributed by atoms with Gasteiger partial charge in [-0.1, -0.05) is 98.8 Å². The number of hydrogen-bond donors (Lipinski definition) is 0. The molecule has 6 rings (SSSR count). The number of fused-ring (bicyclic) bond motifs is 6. The fourth-order valence-electron chi connectivity index (χ4n) is 6.27. The summed E-state index contributed by atoms with van der Waals surface area (Å²) in [6.07, 6.45) is 3.17. The standard InChI is InChI=1S/C33H30O/c1-21(26-13-7-15-30-28-11-5-3-9-23(28)19-32(26)30)17-25(34)18-22(2)27-14-8-16-31-29-12-6-4-10-24(29)20-33(27)31/h3-16,21-22H,17-20H2,1-2H3. The van der Waals surface area contributed by atoms with Crippen molar-refractivity contribution < 1.29 is 4.79 Å². The minimum absolute atomic E-state index is 0.231. The molecule has 4 aromatic carbocycles. The highest BCUT2D eigenvalue weighted by molar-refractivity contribution is 5.83. The third-order valence-corrected chi connectivity index (χ3v) is 7.90. The van der Waals surface area contributed by atoms with E-state index in [1.807, 2.05) is 0 Å². The Kier molecular flexibility index (Phi) is 5.21. The number of Topliss-reactive ketones (excluding diaryl/α,β-unsaturated/α-hetero) is 1. The van der Waals surface area contributed by atoms with Crippen LogP contribution in [0.25, 0.3) is 22.3 Å². The molecule has 0 fully saturated rings. The van der Waals surface area contributed by atoms with E-state index in [9.17, 15) is 4.79 Å². The maximum absolute atomic E-state index is 13.2. The SMILES string of the molecule is CC(CC(=O)CC(C)c1cccc2c1Cc1ccccc1-2)c1cccc2c1Cc1ccccc1-2. The molecule has 4 aromatic rings. The second kappa shape index (κ2) is 8.40. The average Bonchev–Trinajstić information content (AvgIpc) is 3.42. The van der Waals surface area contributed by atoms with Crippen LogP contribution in [0.3, 0.4) is 0 Å². The number of carbonyl (C=O) groups excluding carboxylic acids is 1. The molecule has 0 aliphatic heterocycles. The summed E-state index contributed by atoms with van der Waals surface area (Å²) in [5, 5.41) is 0. The molecule has 0 heterocycles. The van der Waals surface area contributed by atoms with E-state index >= 15 is 0 Å². The van der Waals surface area contributed by atoms with E-state index in [0.717, 1.165) is 12.8 Å². The van der Waals surface area contributed by atoms with Crippen molar-refractivity contribution in [1.29, 1.82) is 0 Å². The summed E-state index contributed by atoms with van der Waals surface area (Å²) in [5.41, 5.74) is 13.7. The summed E-state index contributed by atoms with van der Waals surface area (Å²) in [5.74, 6) is 0.825. The van der Waals surface area contributed by atoms with Crippen LogP contribution in [0, 0.1) is 0 Å². The predicted molar refractivity (Wildman–Crippen MR) is 140 cm³/mol. The molecule has 0 saturated carbocycles. The molecule has 0 radical (unpaired) electrons. The monoisotopic (exact) mass is 442 g/mol. The lowest BCUT2D eigenvalue weighted by Crippen LogP contribution is -2.10. The summed E-state index contributed by atoms with van der Waals surface area (Å²) in [4.78, 5) is 13.2. The molecule has 2 unspecified atom stereocenters. The van der Waals surface area contributed by atoms with Gasteiger partial charge < -0.3 is 0 Å². The van der Waals surface area contributed by atoms with Gasteiger partial charge in [0.25, 0.3) is 0 Å². The second-order valence-corrected chi connectivity index (χ2v) is 10.2. The van der Waals surface area contributed by atoms with Crippen LogP contribution in [0.1, 0.15) is 71.9 Å². The van der Waals surface area contributed by atoms with Crippen molar-refractivity contribution in [3.05, 3.63) is 118 Å². The van der Waals surface area contributed by atoms with Gasteiger partial charge in [0.1, 0.15) is 5.78 Å². The first kappa shape index (κ1) is 21.1. The van der Waals surface area contributed by atoms with Crippen LogP contribution in [-0.2, 0) is 17.6 Å². The normalized spacial score (nSPS) is 14.6. The predicted octanol–water partition coefficient (Wildman–Crippen LogP) is 8.09. The van der Waals surface area contributed by atoms with Crippen LogP contribution in [0.5, 0.6) is 0 Å². The number of ketones is 1. The lowest BCUT2D eigenvalue weighted by atomic mass is 9.85. The van der Waals surface area contributed by atoms with Crippen LogP contribution >= 0.6 is 0 Å². The number of rotatable bonds is 6. The Morgan fingerprint density at radius 2 is 1.00 bits per heavy atom. The highest BCUT2D eigenvalue weighted by Gasteiger charge is 2.26. The Morgan fingerprint density at radius 3 is 1.47 bits per heavy atom. The molecule has 0 spiro atoms. The van der Waals surface area contributed by atoms with E-state index in [4.69, 9.17) is 0 Å². The van der Waals surface area contributed by atoms with Crippen molar-refractivity contribution in [3.8, 4) is 22.3 Å². The topological polar surface area (TPSA) is 17.1 Å². The van der Waals surface area contributed by atoms with Gasteiger partial charge >= 0.3 is 0 Å². The van der Waals surface area contributed by atoms with E-state index in [2.05, 4.69) is 98.8 Å².